The SMILES string of the molecule is CCOC(=O)c1nc(CNC(=O)O)sc1Cl. The zero-order valence-corrected chi connectivity index (χ0v) is 9.89. The van der Waals surface area contributed by atoms with Crippen LogP contribution >= 0.6 is 22.9 Å². The van der Waals surface area contributed by atoms with Crippen molar-refractivity contribution in [1.29, 1.82) is 0 Å². The number of carbonyl (C=O) groups excluding carboxylic acids is 1. The summed E-state index contributed by atoms with van der Waals surface area (Å²) in [5.41, 5.74) is 0.0238. The van der Waals surface area contributed by atoms with Crippen LogP contribution in [0, 0.1) is 0 Å². The maximum absolute atomic E-state index is 11.3. The maximum atomic E-state index is 11.3. The lowest BCUT2D eigenvalue weighted by molar-refractivity contribution is 0.0520. The number of rotatable bonds is 4. The molecule has 1 aromatic rings. The minimum atomic E-state index is -1.16. The van der Waals surface area contributed by atoms with Crippen LogP contribution in [0.3, 0.4) is 0 Å². The topological polar surface area (TPSA) is 88.5 Å². The molecule has 0 unspecified atom stereocenters. The predicted octanol–water partition coefficient (Wildman–Crippen LogP) is 1.74. The summed E-state index contributed by atoms with van der Waals surface area (Å²) in [5, 5.41) is 10.9. The van der Waals surface area contributed by atoms with E-state index in [1.165, 1.54) is 0 Å². The van der Waals surface area contributed by atoms with Crippen molar-refractivity contribution in [3.63, 3.8) is 0 Å². The number of nitrogens with zero attached hydrogens (tertiary/aromatic N) is 1. The average molecular weight is 265 g/mol. The van der Waals surface area contributed by atoms with Gasteiger partial charge in [-0.1, -0.05) is 11.6 Å². The van der Waals surface area contributed by atoms with E-state index in [2.05, 4.69) is 10.3 Å². The second-order valence-corrected chi connectivity index (χ2v) is 4.29. The van der Waals surface area contributed by atoms with E-state index in [0.29, 0.717) is 5.01 Å². The second-order valence-electron chi connectivity index (χ2n) is 2.61. The Labute approximate surface area is 100 Å². The van der Waals surface area contributed by atoms with Crippen LogP contribution in [0.1, 0.15) is 22.4 Å². The fraction of sp³-hybridized carbons (Fsp3) is 0.375. The summed E-state index contributed by atoms with van der Waals surface area (Å²) in [5.74, 6) is -0.606. The monoisotopic (exact) mass is 264 g/mol. The molecule has 0 saturated carbocycles. The van der Waals surface area contributed by atoms with Crippen molar-refractivity contribution in [2.24, 2.45) is 0 Å². The fourth-order valence-electron chi connectivity index (χ4n) is 0.895. The van der Waals surface area contributed by atoms with Crippen LogP contribution in [0.2, 0.25) is 4.34 Å². The van der Waals surface area contributed by atoms with Crippen molar-refractivity contribution >= 4 is 35.0 Å². The molecule has 8 heteroatoms. The Morgan fingerprint density at radius 2 is 2.31 bits per heavy atom. The van der Waals surface area contributed by atoms with Crippen LogP contribution in [0.4, 0.5) is 4.79 Å². The summed E-state index contributed by atoms with van der Waals surface area (Å²) < 4.78 is 4.93. The van der Waals surface area contributed by atoms with E-state index in [-0.39, 0.29) is 23.2 Å². The first kappa shape index (κ1) is 12.7. The minimum absolute atomic E-state index is 0.0130. The molecular formula is C8H9ClN2O4S. The third kappa shape index (κ3) is 3.35. The molecule has 1 aromatic heterocycles. The average Bonchev–Trinajstić information content (AvgIpc) is 2.57. The van der Waals surface area contributed by atoms with Gasteiger partial charge in [0.2, 0.25) is 0 Å². The Morgan fingerprint density at radius 3 is 2.88 bits per heavy atom. The van der Waals surface area contributed by atoms with Gasteiger partial charge in [0.05, 0.1) is 13.2 Å². The number of hydrogen-bond donors (Lipinski definition) is 2. The Bertz CT molecular complexity index is 407. The van der Waals surface area contributed by atoms with Crippen molar-refractivity contribution in [2.75, 3.05) is 6.61 Å². The lowest BCUT2D eigenvalue weighted by Crippen LogP contribution is -2.19. The molecule has 0 aliphatic rings. The molecule has 2 N–H and O–H groups in total. The highest BCUT2D eigenvalue weighted by Crippen LogP contribution is 2.24. The van der Waals surface area contributed by atoms with Gasteiger partial charge in [-0.3, -0.25) is 0 Å². The predicted molar refractivity (Wildman–Crippen MR) is 57.9 cm³/mol. The van der Waals surface area contributed by atoms with E-state index in [1.807, 2.05) is 0 Å². The molecule has 0 atom stereocenters. The van der Waals surface area contributed by atoms with Gasteiger partial charge in [0.15, 0.2) is 5.69 Å². The molecule has 16 heavy (non-hydrogen) atoms. The minimum Gasteiger partial charge on any atom is -0.465 e. The van der Waals surface area contributed by atoms with Gasteiger partial charge < -0.3 is 15.2 Å². The Balaban J connectivity index is 2.73. The summed E-state index contributed by atoms with van der Waals surface area (Å²) in [4.78, 5) is 25.4. The summed E-state index contributed by atoms with van der Waals surface area (Å²) in [6.45, 7) is 1.92. The smallest absolute Gasteiger partial charge is 0.405 e. The lowest BCUT2D eigenvalue weighted by Gasteiger charge is -1.97. The summed E-state index contributed by atoms with van der Waals surface area (Å²) in [7, 11) is 0. The Kier molecular flexibility index (Phi) is 4.51. The van der Waals surface area contributed by atoms with Crippen LogP contribution in [0.15, 0.2) is 0 Å². The van der Waals surface area contributed by atoms with E-state index in [1.54, 1.807) is 6.92 Å². The van der Waals surface area contributed by atoms with Crippen LogP contribution in [0.5, 0.6) is 0 Å². The molecule has 0 saturated heterocycles. The van der Waals surface area contributed by atoms with Gasteiger partial charge in [-0.2, -0.15) is 0 Å². The molecule has 88 valence electrons. The number of carboxylic acid groups (broad SMARTS) is 1. The first-order chi connectivity index (χ1) is 7.54. The number of halogens is 1. The molecule has 0 spiro atoms. The van der Waals surface area contributed by atoms with E-state index in [0.717, 1.165) is 11.3 Å². The Morgan fingerprint density at radius 1 is 1.62 bits per heavy atom. The highest BCUT2D eigenvalue weighted by Gasteiger charge is 2.17. The van der Waals surface area contributed by atoms with Crippen molar-refractivity contribution < 1.29 is 19.4 Å². The maximum Gasteiger partial charge on any atom is 0.405 e. The standard InChI is InChI=1S/C8H9ClN2O4S/c1-2-15-7(12)5-6(9)16-4(11-5)3-10-8(13)14/h10H,2-3H2,1H3,(H,13,14). The molecule has 1 amide bonds. The molecule has 0 bridgehead atoms. The fourth-order valence-corrected chi connectivity index (χ4v) is 2.00. The van der Waals surface area contributed by atoms with Crippen molar-refractivity contribution in [2.45, 2.75) is 13.5 Å². The summed E-state index contributed by atoms with van der Waals surface area (Å²) in [6, 6.07) is 0. The van der Waals surface area contributed by atoms with Crippen LogP contribution in [-0.4, -0.2) is 28.8 Å². The molecule has 6 nitrogen and oxygen atoms in total. The number of amides is 1. The van der Waals surface area contributed by atoms with Crippen molar-refractivity contribution in [3.8, 4) is 0 Å². The molecular weight excluding hydrogens is 256 g/mol. The second kappa shape index (κ2) is 5.66. The Hall–Kier alpha value is -1.34. The van der Waals surface area contributed by atoms with Crippen LogP contribution in [0.25, 0.3) is 0 Å². The molecule has 0 aromatic carbocycles. The molecule has 1 rings (SSSR count). The molecule has 0 radical (unpaired) electrons. The van der Waals surface area contributed by atoms with E-state index < -0.39 is 12.1 Å². The van der Waals surface area contributed by atoms with Crippen molar-refractivity contribution in [1.82, 2.24) is 10.3 Å². The van der Waals surface area contributed by atoms with E-state index in [4.69, 9.17) is 21.4 Å². The number of carbonyl (C=O) groups is 2. The lowest BCUT2D eigenvalue weighted by atomic mass is 10.5. The number of thiazole rings is 1. The highest BCUT2D eigenvalue weighted by atomic mass is 35.5. The van der Waals surface area contributed by atoms with Gasteiger partial charge in [0.1, 0.15) is 9.34 Å². The number of ether oxygens (including phenoxy) is 1. The van der Waals surface area contributed by atoms with Gasteiger partial charge in [-0.05, 0) is 6.92 Å². The largest absolute Gasteiger partial charge is 0.465 e. The first-order valence-electron chi connectivity index (χ1n) is 4.33. The van der Waals surface area contributed by atoms with Crippen LogP contribution in [-0.2, 0) is 11.3 Å². The quantitative estimate of drug-likeness (QED) is 0.809. The number of esters is 1. The highest BCUT2D eigenvalue weighted by molar-refractivity contribution is 7.16. The molecule has 0 aliphatic carbocycles. The van der Waals surface area contributed by atoms with E-state index >= 15 is 0 Å². The number of hydrogen-bond acceptors (Lipinski definition) is 5. The van der Waals surface area contributed by atoms with Gasteiger partial charge in [-0.25, -0.2) is 14.6 Å². The molecule has 0 aliphatic heterocycles. The molecule has 1 heterocycles. The summed E-state index contributed by atoms with van der Waals surface area (Å²) in [6.07, 6.45) is -1.16. The zero-order chi connectivity index (χ0) is 12.1. The zero-order valence-electron chi connectivity index (χ0n) is 8.32. The normalized spacial score (nSPS) is 9.88. The van der Waals surface area contributed by atoms with Gasteiger partial charge >= 0.3 is 12.1 Å². The van der Waals surface area contributed by atoms with Gasteiger partial charge in [0, 0.05) is 0 Å². The van der Waals surface area contributed by atoms with Crippen molar-refractivity contribution in [3.05, 3.63) is 15.0 Å². The van der Waals surface area contributed by atoms with E-state index in [9.17, 15) is 9.59 Å². The number of aromatic nitrogens is 1. The molecule has 0 fully saturated rings. The van der Waals surface area contributed by atoms with Gasteiger partial charge in [0.25, 0.3) is 0 Å². The van der Waals surface area contributed by atoms with Crippen LogP contribution < -0.4 is 5.32 Å². The first-order valence-corrected chi connectivity index (χ1v) is 5.53. The summed E-state index contributed by atoms with van der Waals surface area (Å²) >= 11 is 6.81. The third-order valence-corrected chi connectivity index (χ3v) is 2.74. The van der Waals surface area contributed by atoms with Gasteiger partial charge in [-0.15, -0.1) is 11.3 Å². The third-order valence-electron chi connectivity index (χ3n) is 1.49. The number of nitrogens with one attached hydrogen (secondary N) is 1.